The van der Waals surface area contributed by atoms with Gasteiger partial charge < -0.3 is 0 Å². The molecule has 1 aliphatic heterocycles. The van der Waals surface area contributed by atoms with Gasteiger partial charge in [-0.3, -0.25) is 0 Å². The maximum absolute atomic E-state index is 2.51. The topological polar surface area (TPSA) is 3.01 Å². The van der Waals surface area contributed by atoms with Crippen molar-refractivity contribution in [2.75, 3.05) is 6.54 Å². The number of benzene rings is 2. The quantitative estimate of drug-likeness (QED) is 0.526. The summed E-state index contributed by atoms with van der Waals surface area (Å²) in [5, 5.41) is 2.81. The Bertz CT molecular complexity index is 632. The molecule has 0 saturated carbocycles. The van der Waals surface area contributed by atoms with Crippen molar-refractivity contribution in [3.63, 3.8) is 0 Å². The summed E-state index contributed by atoms with van der Waals surface area (Å²) < 4.78 is 2.51. The summed E-state index contributed by atoms with van der Waals surface area (Å²) in [4.78, 5) is 0. The van der Waals surface area contributed by atoms with Gasteiger partial charge in [0.05, 0.1) is 10.9 Å². The average Bonchev–Trinajstić information content (AvgIpc) is 2.71. The van der Waals surface area contributed by atoms with Crippen LogP contribution in [0.1, 0.15) is 45.1 Å². The van der Waals surface area contributed by atoms with Crippen LogP contribution in [0.5, 0.6) is 0 Å². The molecule has 0 spiro atoms. The van der Waals surface area contributed by atoms with Crippen LogP contribution in [-0.4, -0.2) is 16.8 Å². The highest BCUT2D eigenvalue weighted by Crippen LogP contribution is 2.35. The van der Waals surface area contributed by atoms with E-state index >= 15 is 0 Å². The highest BCUT2D eigenvalue weighted by molar-refractivity contribution is 6.14. The third kappa shape index (κ3) is 2.07. The summed E-state index contributed by atoms with van der Waals surface area (Å²) in [5.41, 5.74) is 4.24. The van der Waals surface area contributed by atoms with Crippen molar-refractivity contribution in [3.8, 4) is 0 Å². The fourth-order valence-corrected chi connectivity index (χ4v) is 3.16. The Labute approximate surface area is 115 Å². The Hall–Kier alpha value is -1.63. The molecule has 0 amide bonds. The van der Waals surface area contributed by atoms with Crippen LogP contribution in [0.3, 0.4) is 0 Å². The maximum atomic E-state index is 2.51. The van der Waals surface area contributed by atoms with Crippen LogP contribution >= 0.6 is 0 Å². The minimum Gasteiger partial charge on any atom is -0.195 e. The zero-order valence-corrected chi connectivity index (χ0v) is 11.9. The second-order valence-corrected chi connectivity index (χ2v) is 5.48. The molecule has 1 heteroatoms. The molecule has 1 heterocycles. The molecule has 0 unspecified atom stereocenters. The van der Waals surface area contributed by atoms with Gasteiger partial charge in [0, 0.05) is 19.4 Å². The molecule has 0 aromatic heterocycles. The number of nitrogens with zero attached hydrogens (tertiary/aromatic N) is 1. The monoisotopic (exact) mass is 252 g/mol. The highest BCUT2D eigenvalue weighted by atomic mass is 15.0. The SMILES string of the molecule is CCCCCC[N+]1=C(C)c2cccc3cccc1c23. The number of hydrogen-bond donors (Lipinski definition) is 0. The Morgan fingerprint density at radius 1 is 0.947 bits per heavy atom. The van der Waals surface area contributed by atoms with Gasteiger partial charge >= 0.3 is 0 Å². The molecule has 0 N–H and O–H groups in total. The van der Waals surface area contributed by atoms with Crippen molar-refractivity contribution in [2.45, 2.75) is 39.5 Å². The predicted molar refractivity (Wildman–Crippen MR) is 82.7 cm³/mol. The van der Waals surface area contributed by atoms with E-state index in [0.717, 1.165) is 6.54 Å². The molecule has 19 heavy (non-hydrogen) atoms. The van der Waals surface area contributed by atoms with Crippen LogP contribution in [0.4, 0.5) is 5.69 Å². The molecule has 0 saturated heterocycles. The van der Waals surface area contributed by atoms with Crippen molar-refractivity contribution in [1.82, 2.24) is 0 Å². The first kappa shape index (κ1) is 12.4. The first-order chi connectivity index (χ1) is 9.33. The standard InChI is InChI=1S/C18H22N/c1-3-4-5-6-13-19-14(2)16-11-7-9-15-10-8-12-17(19)18(15)16/h7-12H,3-6,13H2,1-2H3/q+1. The summed E-state index contributed by atoms with van der Waals surface area (Å²) in [6.45, 7) is 5.68. The van der Waals surface area contributed by atoms with Crippen molar-refractivity contribution in [1.29, 1.82) is 0 Å². The van der Waals surface area contributed by atoms with Gasteiger partial charge in [-0.05, 0) is 17.9 Å². The molecular weight excluding hydrogens is 230 g/mol. The van der Waals surface area contributed by atoms with Crippen LogP contribution in [0.2, 0.25) is 0 Å². The van der Waals surface area contributed by atoms with E-state index in [1.165, 1.54) is 53.4 Å². The Balaban J connectivity index is 1.95. The molecule has 0 radical (unpaired) electrons. The molecule has 3 rings (SSSR count). The van der Waals surface area contributed by atoms with Crippen LogP contribution < -0.4 is 0 Å². The molecule has 0 bridgehead atoms. The van der Waals surface area contributed by atoms with E-state index in [2.05, 4.69) is 54.8 Å². The summed E-state index contributed by atoms with van der Waals surface area (Å²) in [6.07, 6.45) is 5.28. The van der Waals surface area contributed by atoms with Gasteiger partial charge in [-0.2, -0.15) is 4.58 Å². The first-order valence-corrected chi connectivity index (χ1v) is 7.46. The van der Waals surface area contributed by atoms with Gasteiger partial charge in [0.15, 0.2) is 5.71 Å². The minimum absolute atomic E-state index is 1.15. The summed E-state index contributed by atoms with van der Waals surface area (Å²) in [7, 11) is 0. The third-order valence-electron chi connectivity index (χ3n) is 4.20. The molecule has 2 aromatic carbocycles. The average molecular weight is 252 g/mol. The first-order valence-electron chi connectivity index (χ1n) is 7.46. The summed E-state index contributed by atoms with van der Waals surface area (Å²) in [6, 6.07) is 13.3. The van der Waals surface area contributed by atoms with E-state index in [0.29, 0.717) is 0 Å². The fraction of sp³-hybridized carbons (Fsp3) is 0.389. The zero-order chi connectivity index (χ0) is 13.2. The lowest BCUT2D eigenvalue weighted by Crippen LogP contribution is -2.12. The van der Waals surface area contributed by atoms with Crippen LogP contribution in [0, 0.1) is 0 Å². The largest absolute Gasteiger partial charge is 0.214 e. The summed E-state index contributed by atoms with van der Waals surface area (Å²) >= 11 is 0. The fourth-order valence-electron chi connectivity index (χ4n) is 3.16. The van der Waals surface area contributed by atoms with Crippen molar-refractivity contribution in [3.05, 3.63) is 42.0 Å². The number of hydrogen-bond acceptors (Lipinski definition) is 0. The Morgan fingerprint density at radius 3 is 2.53 bits per heavy atom. The highest BCUT2D eigenvalue weighted by Gasteiger charge is 2.27. The number of unbranched alkanes of at least 4 members (excludes halogenated alkanes) is 3. The molecule has 98 valence electrons. The molecule has 0 fully saturated rings. The molecule has 0 atom stereocenters. The molecule has 2 aromatic rings. The Kier molecular flexibility index (Phi) is 3.37. The molecule has 1 aliphatic rings. The molecule has 0 aliphatic carbocycles. The predicted octanol–water partition coefficient (Wildman–Crippen LogP) is 4.89. The van der Waals surface area contributed by atoms with E-state index in [1.54, 1.807) is 0 Å². The van der Waals surface area contributed by atoms with Crippen molar-refractivity contribution >= 4 is 22.2 Å². The smallest absolute Gasteiger partial charge is 0.195 e. The van der Waals surface area contributed by atoms with E-state index in [1.807, 2.05) is 0 Å². The van der Waals surface area contributed by atoms with Gasteiger partial charge in [0.25, 0.3) is 0 Å². The number of rotatable bonds is 5. The lowest BCUT2D eigenvalue weighted by molar-refractivity contribution is -0.437. The third-order valence-corrected chi connectivity index (χ3v) is 4.20. The second-order valence-electron chi connectivity index (χ2n) is 5.48. The van der Waals surface area contributed by atoms with Crippen molar-refractivity contribution in [2.24, 2.45) is 0 Å². The van der Waals surface area contributed by atoms with E-state index in [-0.39, 0.29) is 0 Å². The Morgan fingerprint density at radius 2 is 1.74 bits per heavy atom. The van der Waals surface area contributed by atoms with Crippen LogP contribution in [-0.2, 0) is 0 Å². The second kappa shape index (κ2) is 5.16. The van der Waals surface area contributed by atoms with E-state index in [4.69, 9.17) is 0 Å². The summed E-state index contributed by atoms with van der Waals surface area (Å²) in [5.74, 6) is 0. The zero-order valence-electron chi connectivity index (χ0n) is 11.9. The van der Waals surface area contributed by atoms with Gasteiger partial charge in [-0.15, -0.1) is 0 Å². The van der Waals surface area contributed by atoms with E-state index in [9.17, 15) is 0 Å². The molecular formula is C18H22N+. The lowest BCUT2D eigenvalue weighted by atomic mass is 10.0. The van der Waals surface area contributed by atoms with Gasteiger partial charge in [-0.25, -0.2) is 0 Å². The van der Waals surface area contributed by atoms with Gasteiger partial charge in [-0.1, -0.05) is 44.0 Å². The lowest BCUT2D eigenvalue weighted by Gasteiger charge is -2.02. The minimum atomic E-state index is 1.15. The van der Waals surface area contributed by atoms with Crippen LogP contribution in [0.25, 0.3) is 10.8 Å². The van der Waals surface area contributed by atoms with E-state index < -0.39 is 0 Å². The van der Waals surface area contributed by atoms with Gasteiger partial charge in [0.2, 0.25) is 5.69 Å². The van der Waals surface area contributed by atoms with Crippen LogP contribution in [0.15, 0.2) is 36.4 Å². The normalized spacial score (nSPS) is 13.6. The van der Waals surface area contributed by atoms with Gasteiger partial charge in [0.1, 0.15) is 6.54 Å². The molecule has 1 nitrogen and oxygen atoms in total. The maximum Gasteiger partial charge on any atom is 0.214 e. The van der Waals surface area contributed by atoms with Crippen molar-refractivity contribution < 1.29 is 4.58 Å².